The van der Waals surface area contributed by atoms with Crippen LogP contribution in [0.3, 0.4) is 0 Å². The molecule has 0 N–H and O–H groups in total. The van der Waals surface area contributed by atoms with Gasteiger partial charge in [-0.15, -0.1) is 0 Å². The maximum Gasteiger partial charge on any atom is 0.143 e. The number of likely N-dealkylation sites (N-methyl/N-ethyl adjacent to an activating group) is 1. The summed E-state index contributed by atoms with van der Waals surface area (Å²) in [5, 5.41) is 0. The molecule has 0 saturated heterocycles. The quantitative estimate of drug-likeness (QED) is 0.633. The summed E-state index contributed by atoms with van der Waals surface area (Å²) >= 11 is 1.84. The molecule has 0 aromatic rings. The Morgan fingerprint density at radius 1 is 1.58 bits per heavy atom. The van der Waals surface area contributed by atoms with Gasteiger partial charge in [0.25, 0.3) is 0 Å². The molecule has 0 bridgehead atoms. The van der Waals surface area contributed by atoms with Crippen LogP contribution in [0.2, 0.25) is 0 Å². The van der Waals surface area contributed by atoms with Crippen LogP contribution in [0.15, 0.2) is 0 Å². The second-order valence-corrected chi connectivity index (χ2v) is 4.05. The van der Waals surface area contributed by atoms with Gasteiger partial charge in [0.15, 0.2) is 0 Å². The van der Waals surface area contributed by atoms with E-state index in [9.17, 15) is 4.79 Å². The van der Waals surface area contributed by atoms with Gasteiger partial charge in [-0.25, -0.2) is 0 Å². The largest absolute Gasteiger partial charge is 0.299 e. The first kappa shape index (κ1) is 12.0. The number of rotatable bonds is 6. The van der Waals surface area contributed by atoms with Crippen molar-refractivity contribution in [2.24, 2.45) is 0 Å². The van der Waals surface area contributed by atoms with Crippen LogP contribution in [0.25, 0.3) is 0 Å². The first-order valence-corrected chi connectivity index (χ1v) is 5.69. The fraction of sp³-hybridized carbons (Fsp3) is 0.889. The summed E-state index contributed by atoms with van der Waals surface area (Å²) in [5.41, 5.74) is 0. The van der Waals surface area contributed by atoms with Gasteiger partial charge in [-0.1, -0.05) is 6.92 Å². The zero-order chi connectivity index (χ0) is 9.56. The van der Waals surface area contributed by atoms with Crippen LogP contribution in [-0.4, -0.2) is 42.3 Å². The van der Waals surface area contributed by atoms with Crippen LogP contribution in [0.1, 0.15) is 20.3 Å². The van der Waals surface area contributed by atoms with Crippen molar-refractivity contribution in [1.29, 1.82) is 0 Å². The SMILES string of the molecule is CCC(CSC)N(C)CC(C)=O. The Labute approximate surface area is 79.7 Å². The molecule has 0 aromatic heterocycles. The number of Topliss-reactive ketones (excluding diaryl/α,β-unsaturated/α-hetero) is 1. The number of hydrogen-bond acceptors (Lipinski definition) is 3. The van der Waals surface area contributed by atoms with E-state index in [2.05, 4.69) is 18.1 Å². The topological polar surface area (TPSA) is 20.3 Å². The lowest BCUT2D eigenvalue weighted by Crippen LogP contribution is -2.36. The predicted octanol–water partition coefficient (Wildman–Crippen LogP) is 1.65. The van der Waals surface area contributed by atoms with E-state index in [1.807, 2.05) is 18.8 Å². The molecule has 1 atom stereocenters. The summed E-state index contributed by atoms with van der Waals surface area (Å²) in [5.74, 6) is 1.36. The summed E-state index contributed by atoms with van der Waals surface area (Å²) in [6, 6.07) is 0.545. The minimum atomic E-state index is 0.247. The smallest absolute Gasteiger partial charge is 0.143 e. The Bertz CT molecular complexity index is 138. The van der Waals surface area contributed by atoms with Crippen LogP contribution in [0.4, 0.5) is 0 Å². The summed E-state index contributed by atoms with van der Waals surface area (Å²) in [7, 11) is 2.02. The van der Waals surface area contributed by atoms with Crippen molar-refractivity contribution in [2.45, 2.75) is 26.3 Å². The fourth-order valence-corrected chi connectivity index (χ4v) is 2.10. The van der Waals surface area contributed by atoms with Gasteiger partial charge in [0.2, 0.25) is 0 Å². The number of nitrogens with zero attached hydrogens (tertiary/aromatic N) is 1. The zero-order valence-electron chi connectivity index (χ0n) is 8.46. The summed E-state index contributed by atoms with van der Waals surface area (Å²) < 4.78 is 0. The molecule has 0 radical (unpaired) electrons. The molecule has 0 fully saturated rings. The lowest BCUT2D eigenvalue weighted by atomic mass is 10.2. The zero-order valence-corrected chi connectivity index (χ0v) is 9.28. The molecule has 3 heteroatoms. The molecule has 0 saturated carbocycles. The highest BCUT2D eigenvalue weighted by Gasteiger charge is 2.12. The van der Waals surface area contributed by atoms with Gasteiger partial charge < -0.3 is 0 Å². The number of thioether (sulfide) groups is 1. The average Bonchev–Trinajstić information content (AvgIpc) is 1.98. The van der Waals surface area contributed by atoms with Crippen molar-refractivity contribution < 1.29 is 4.79 Å². The molecular formula is C9H19NOS. The molecule has 2 nitrogen and oxygen atoms in total. The van der Waals surface area contributed by atoms with Crippen molar-refractivity contribution in [1.82, 2.24) is 4.90 Å². The average molecular weight is 189 g/mol. The fourth-order valence-electron chi connectivity index (χ4n) is 1.23. The Morgan fingerprint density at radius 2 is 2.17 bits per heavy atom. The lowest BCUT2D eigenvalue weighted by molar-refractivity contribution is -0.118. The molecular weight excluding hydrogens is 170 g/mol. The number of carbonyl (C=O) groups is 1. The van der Waals surface area contributed by atoms with Crippen molar-refractivity contribution in [2.75, 3.05) is 25.6 Å². The Morgan fingerprint density at radius 3 is 2.50 bits per heavy atom. The second kappa shape index (κ2) is 6.49. The highest BCUT2D eigenvalue weighted by molar-refractivity contribution is 7.98. The summed E-state index contributed by atoms with van der Waals surface area (Å²) in [6.45, 7) is 4.39. The maximum absolute atomic E-state index is 10.8. The molecule has 0 aromatic carbocycles. The van der Waals surface area contributed by atoms with E-state index in [4.69, 9.17) is 0 Å². The number of carbonyl (C=O) groups excluding carboxylic acids is 1. The van der Waals surface area contributed by atoms with Crippen molar-refractivity contribution in [3.05, 3.63) is 0 Å². The molecule has 0 spiro atoms. The molecule has 0 aliphatic carbocycles. The van der Waals surface area contributed by atoms with E-state index in [0.717, 1.165) is 12.2 Å². The van der Waals surface area contributed by atoms with Gasteiger partial charge in [0.1, 0.15) is 5.78 Å². The molecule has 72 valence electrons. The number of hydrogen-bond donors (Lipinski definition) is 0. The van der Waals surface area contributed by atoms with Crippen molar-refractivity contribution >= 4 is 17.5 Å². The van der Waals surface area contributed by atoms with E-state index in [1.165, 1.54) is 0 Å². The molecule has 0 aliphatic heterocycles. The Balaban J connectivity index is 3.84. The lowest BCUT2D eigenvalue weighted by Gasteiger charge is -2.25. The molecule has 12 heavy (non-hydrogen) atoms. The van der Waals surface area contributed by atoms with Gasteiger partial charge in [-0.2, -0.15) is 11.8 Å². The van der Waals surface area contributed by atoms with Crippen molar-refractivity contribution in [3.63, 3.8) is 0 Å². The van der Waals surface area contributed by atoms with E-state index < -0.39 is 0 Å². The summed E-state index contributed by atoms with van der Waals surface area (Å²) in [6.07, 6.45) is 3.22. The first-order chi connectivity index (χ1) is 5.61. The molecule has 0 heterocycles. The van der Waals surface area contributed by atoms with E-state index in [0.29, 0.717) is 12.6 Å². The third-order valence-corrected chi connectivity index (χ3v) is 2.64. The van der Waals surface area contributed by atoms with Crippen LogP contribution < -0.4 is 0 Å². The standard InChI is InChI=1S/C9H19NOS/c1-5-9(7-12-4)10(3)6-8(2)11/h9H,5-7H2,1-4H3. The van der Waals surface area contributed by atoms with Crippen molar-refractivity contribution in [3.8, 4) is 0 Å². The van der Waals surface area contributed by atoms with Crippen LogP contribution >= 0.6 is 11.8 Å². The Kier molecular flexibility index (Phi) is 6.48. The molecule has 0 aliphatic rings. The van der Waals surface area contributed by atoms with Gasteiger partial charge >= 0.3 is 0 Å². The van der Waals surface area contributed by atoms with Crippen LogP contribution in [0, 0.1) is 0 Å². The molecule has 0 amide bonds. The van der Waals surface area contributed by atoms with Crippen LogP contribution in [0.5, 0.6) is 0 Å². The van der Waals surface area contributed by atoms with Gasteiger partial charge in [-0.3, -0.25) is 9.69 Å². The van der Waals surface area contributed by atoms with Gasteiger partial charge in [0.05, 0.1) is 6.54 Å². The summed E-state index contributed by atoms with van der Waals surface area (Å²) in [4.78, 5) is 13.0. The molecule has 0 rings (SSSR count). The maximum atomic E-state index is 10.8. The van der Waals surface area contributed by atoms with Gasteiger partial charge in [0, 0.05) is 11.8 Å². The Hall–Kier alpha value is -0.0200. The minimum absolute atomic E-state index is 0.247. The normalized spacial score (nSPS) is 13.4. The third kappa shape index (κ3) is 4.78. The van der Waals surface area contributed by atoms with Crippen LogP contribution in [-0.2, 0) is 4.79 Å². The second-order valence-electron chi connectivity index (χ2n) is 3.13. The minimum Gasteiger partial charge on any atom is -0.299 e. The predicted molar refractivity (Wildman–Crippen MR) is 55.8 cm³/mol. The van der Waals surface area contributed by atoms with E-state index in [1.54, 1.807) is 6.92 Å². The first-order valence-electron chi connectivity index (χ1n) is 4.30. The third-order valence-electron chi connectivity index (χ3n) is 1.93. The highest BCUT2D eigenvalue weighted by Crippen LogP contribution is 2.07. The van der Waals surface area contributed by atoms with Gasteiger partial charge in [-0.05, 0) is 26.6 Å². The highest BCUT2D eigenvalue weighted by atomic mass is 32.2. The number of ketones is 1. The van der Waals surface area contributed by atoms with E-state index >= 15 is 0 Å². The van der Waals surface area contributed by atoms with E-state index in [-0.39, 0.29) is 5.78 Å². The molecule has 1 unspecified atom stereocenters. The monoisotopic (exact) mass is 189 g/mol.